The van der Waals surface area contributed by atoms with Gasteiger partial charge in [0.2, 0.25) is 0 Å². The average molecular weight is 215 g/mol. The van der Waals surface area contributed by atoms with E-state index in [2.05, 4.69) is 12.0 Å². The van der Waals surface area contributed by atoms with Gasteiger partial charge in [0, 0.05) is 30.1 Å². The van der Waals surface area contributed by atoms with Gasteiger partial charge in [0.1, 0.15) is 0 Å². The minimum atomic E-state index is -0.856. The minimum Gasteiger partial charge on any atom is -0.330 e. The lowest BCUT2D eigenvalue weighted by molar-refractivity contribution is 0.675. The van der Waals surface area contributed by atoms with E-state index < -0.39 is 10.8 Å². The van der Waals surface area contributed by atoms with Crippen LogP contribution in [0.2, 0.25) is 0 Å². The monoisotopic (exact) mass is 215 g/mol. The molecule has 4 nitrogen and oxygen atoms in total. The summed E-state index contributed by atoms with van der Waals surface area (Å²) in [6, 6.07) is 2.01. The summed E-state index contributed by atoms with van der Waals surface area (Å²) in [5, 5.41) is 4.29. The summed E-state index contributed by atoms with van der Waals surface area (Å²) in [5.74, 6) is 1.12. The first-order valence-corrected chi connectivity index (χ1v) is 6.23. The Morgan fingerprint density at radius 3 is 2.86 bits per heavy atom. The molecule has 14 heavy (non-hydrogen) atoms. The smallest absolute Gasteiger partial charge is 0.0656 e. The van der Waals surface area contributed by atoms with E-state index in [0.717, 1.165) is 17.8 Å². The summed E-state index contributed by atoms with van der Waals surface area (Å²) >= 11 is 0. The van der Waals surface area contributed by atoms with E-state index >= 15 is 0 Å². The van der Waals surface area contributed by atoms with E-state index in [1.807, 2.05) is 13.1 Å². The van der Waals surface area contributed by atoms with Crippen LogP contribution in [0.5, 0.6) is 0 Å². The van der Waals surface area contributed by atoms with E-state index in [-0.39, 0.29) is 0 Å². The van der Waals surface area contributed by atoms with Crippen LogP contribution in [0.15, 0.2) is 6.07 Å². The molecule has 0 bridgehead atoms. The third kappa shape index (κ3) is 2.92. The maximum absolute atomic E-state index is 11.5. The first kappa shape index (κ1) is 11.4. The molecular weight excluding hydrogens is 198 g/mol. The molecule has 1 rings (SSSR count). The molecule has 0 aliphatic heterocycles. The van der Waals surface area contributed by atoms with Crippen molar-refractivity contribution in [1.29, 1.82) is 0 Å². The SMILES string of the molecule is CCc1cc(CS(=O)CCN)n(C)n1. The number of aromatic nitrogens is 2. The Kier molecular flexibility index (Phi) is 4.28. The first-order chi connectivity index (χ1) is 6.67. The average Bonchev–Trinajstić information content (AvgIpc) is 2.48. The lowest BCUT2D eigenvalue weighted by Gasteiger charge is -2.00. The number of nitrogens with zero attached hydrogens (tertiary/aromatic N) is 2. The standard InChI is InChI=1S/C9H17N3OS/c1-3-8-6-9(12(2)11-8)7-14(13)5-4-10/h6H,3-5,7,10H2,1-2H3. The molecule has 1 atom stereocenters. The molecule has 0 aromatic carbocycles. The summed E-state index contributed by atoms with van der Waals surface area (Å²) in [4.78, 5) is 0. The zero-order valence-corrected chi connectivity index (χ0v) is 9.51. The molecule has 0 aliphatic carbocycles. The summed E-state index contributed by atoms with van der Waals surface area (Å²) in [6.45, 7) is 2.54. The number of hydrogen-bond acceptors (Lipinski definition) is 3. The van der Waals surface area contributed by atoms with E-state index in [1.54, 1.807) is 4.68 Å². The van der Waals surface area contributed by atoms with Crippen molar-refractivity contribution < 1.29 is 4.21 Å². The number of aryl methyl sites for hydroxylation is 2. The van der Waals surface area contributed by atoms with E-state index in [0.29, 0.717) is 18.1 Å². The lowest BCUT2D eigenvalue weighted by Crippen LogP contribution is -2.13. The van der Waals surface area contributed by atoms with Gasteiger partial charge in [-0.25, -0.2) is 0 Å². The maximum Gasteiger partial charge on any atom is 0.0656 e. The second kappa shape index (κ2) is 5.26. The highest BCUT2D eigenvalue weighted by Crippen LogP contribution is 2.06. The van der Waals surface area contributed by atoms with Gasteiger partial charge in [-0.1, -0.05) is 6.92 Å². The molecular formula is C9H17N3OS. The Labute approximate surface area is 86.9 Å². The molecule has 1 aromatic rings. The zero-order chi connectivity index (χ0) is 10.6. The van der Waals surface area contributed by atoms with Crippen LogP contribution in [-0.2, 0) is 30.0 Å². The quantitative estimate of drug-likeness (QED) is 0.762. The highest BCUT2D eigenvalue weighted by molar-refractivity contribution is 7.84. The lowest BCUT2D eigenvalue weighted by atomic mass is 10.3. The minimum absolute atomic E-state index is 0.477. The Morgan fingerprint density at radius 2 is 2.36 bits per heavy atom. The Morgan fingerprint density at radius 1 is 1.64 bits per heavy atom. The van der Waals surface area contributed by atoms with E-state index in [9.17, 15) is 4.21 Å². The van der Waals surface area contributed by atoms with Crippen molar-refractivity contribution in [3.63, 3.8) is 0 Å². The van der Waals surface area contributed by atoms with Gasteiger partial charge < -0.3 is 5.73 Å². The van der Waals surface area contributed by atoms with Crippen LogP contribution in [0.3, 0.4) is 0 Å². The number of hydrogen-bond donors (Lipinski definition) is 1. The molecule has 0 saturated carbocycles. The molecule has 0 radical (unpaired) electrons. The summed E-state index contributed by atoms with van der Waals surface area (Å²) in [5.41, 5.74) is 7.41. The van der Waals surface area contributed by atoms with Crippen molar-refractivity contribution in [2.75, 3.05) is 12.3 Å². The molecule has 5 heteroatoms. The fourth-order valence-corrected chi connectivity index (χ4v) is 2.26. The van der Waals surface area contributed by atoms with Crippen molar-refractivity contribution in [3.05, 3.63) is 17.5 Å². The van der Waals surface area contributed by atoms with Gasteiger partial charge in [-0.3, -0.25) is 8.89 Å². The van der Waals surface area contributed by atoms with Gasteiger partial charge in [0.15, 0.2) is 0 Å². The normalized spacial score (nSPS) is 13.1. The van der Waals surface area contributed by atoms with Crippen LogP contribution >= 0.6 is 0 Å². The molecule has 0 saturated heterocycles. The van der Waals surface area contributed by atoms with Gasteiger partial charge in [-0.05, 0) is 12.5 Å². The molecule has 0 fully saturated rings. The van der Waals surface area contributed by atoms with Gasteiger partial charge in [-0.15, -0.1) is 0 Å². The molecule has 1 heterocycles. The van der Waals surface area contributed by atoms with E-state index in [4.69, 9.17) is 5.73 Å². The van der Waals surface area contributed by atoms with Gasteiger partial charge in [0.25, 0.3) is 0 Å². The molecule has 0 aliphatic rings. The van der Waals surface area contributed by atoms with Crippen LogP contribution in [0.1, 0.15) is 18.3 Å². The predicted octanol–water partition coefficient (Wildman–Crippen LogP) is 0.190. The van der Waals surface area contributed by atoms with Crippen molar-refractivity contribution in [1.82, 2.24) is 9.78 Å². The Balaban J connectivity index is 2.66. The fraction of sp³-hybridized carbons (Fsp3) is 0.667. The van der Waals surface area contributed by atoms with Crippen molar-refractivity contribution in [3.8, 4) is 0 Å². The van der Waals surface area contributed by atoms with Gasteiger partial charge >= 0.3 is 0 Å². The van der Waals surface area contributed by atoms with Crippen LogP contribution < -0.4 is 5.73 Å². The summed E-state index contributed by atoms with van der Waals surface area (Å²) < 4.78 is 13.3. The summed E-state index contributed by atoms with van der Waals surface area (Å²) in [6.07, 6.45) is 0.914. The van der Waals surface area contributed by atoms with Crippen molar-refractivity contribution in [2.24, 2.45) is 12.8 Å². The highest BCUT2D eigenvalue weighted by Gasteiger charge is 2.07. The zero-order valence-electron chi connectivity index (χ0n) is 8.69. The van der Waals surface area contributed by atoms with Crippen LogP contribution in [-0.4, -0.2) is 26.3 Å². The molecule has 1 unspecified atom stereocenters. The third-order valence-corrected chi connectivity index (χ3v) is 3.35. The van der Waals surface area contributed by atoms with Crippen LogP contribution in [0.25, 0.3) is 0 Å². The number of rotatable bonds is 5. The van der Waals surface area contributed by atoms with Gasteiger partial charge in [0.05, 0.1) is 17.1 Å². The van der Waals surface area contributed by atoms with Crippen LogP contribution in [0.4, 0.5) is 0 Å². The van der Waals surface area contributed by atoms with Crippen LogP contribution in [0, 0.1) is 0 Å². The predicted molar refractivity (Wildman–Crippen MR) is 58.4 cm³/mol. The van der Waals surface area contributed by atoms with Crippen molar-refractivity contribution >= 4 is 10.8 Å². The second-order valence-corrected chi connectivity index (χ2v) is 4.76. The number of nitrogens with two attached hydrogens (primary N) is 1. The first-order valence-electron chi connectivity index (χ1n) is 4.74. The topological polar surface area (TPSA) is 60.9 Å². The molecule has 0 spiro atoms. The maximum atomic E-state index is 11.5. The van der Waals surface area contributed by atoms with Gasteiger partial charge in [-0.2, -0.15) is 5.10 Å². The Hall–Kier alpha value is -0.680. The molecule has 0 amide bonds. The highest BCUT2D eigenvalue weighted by atomic mass is 32.2. The third-order valence-electron chi connectivity index (χ3n) is 2.04. The fourth-order valence-electron chi connectivity index (χ4n) is 1.25. The second-order valence-electron chi connectivity index (χ2n) is 3.18. The summed E-state index contributed by atoms with van der Waals surface area (Å²) in [7, 11) is 1.03. The molecule has 80 valence electrons. The van der Waals surface area contributed by atoms with Crippen molar-refractivity contribution in [2.45, 2.75) is 19.1 Å². The molecule has 1 aromatic heterocycles. The largest absolute Gasteiger partial charge is 0.330 e. The molecule has 2 N–H and O–H groups in total. The van der Waals surface area contributed by atoms with E-state index in [1.165, 1.54) is 0 Å². The Bertz CT molecular complexity index is 322.